The van der Waals surface area contributed by atoms with Gasteiger partial charge in [-0.2, -0.15) is 0 Å². The predicted octanol–water partition coefficient (Wildman–Crippen LogP) is 4.38. The normalized spacial score (nSPS) is 10.8. The number of fused-ring (bicyclic) bond motifs is 1. The molecule has 1 amide bonds. The highest BCUT2D eigenvalue weighted by molar-refractivity contribution is 7.99. The molecule has 0 saturated heterocycles. The van der Waals surface area contributed by atoms with Crippen molar-refractivity contribution in [2.75, 3.05) is 17.2 Å². The van der Waals surface area contributed by atoms with E-state index in [1.54, 1.807) is 29.2 Å². The molecule has 0 fully saturated rings. The fourth-order valence-electron chi connectivity index (χ4n) is 2.89. The quantitative estimate of drug-likeness (QED) is 0.327. The van der Waals surface area contributed by atoms with Gasteiger partial charge in [0.15, 0.2) is 5.16 Å². The van der Waals surface area contributed by atoms with E-state index in [1.807, 2.05) is 37.3 Å². The van der Waals surface area contributed by atoms with Gasteiger partial charge in [-0.1, -0.05) is 47.6 Å². The summed E-state index contributed by atoms with van der Waals surface area (Å²) in [7, 11) is 0. The molecule has 3 rings (SSSR count). The molecule has 0 unspecified atom stereocenters. The van der Waals surface area contributed by atoms with Crippen molar-refractivity contribution in [3.63, 3.8) is 0 Å². The summed E-state index contributed by atoms with van der Waals surface area (Å²) in [5.41, 5.74) is 1.21. The first kappa shape index (κ1) is 20.2. The molecule has 0 aliphatic rings. The van der Waals surface area contributed by atoms with Crippen LogP contribution in [0.3, 0.4) is 0 Å². The van der Waals surface area contributed by atoms with Crippen LogP contribution in [-0.2, 0) is 11.3 Å². The van der Waals surface area contributed by atoms with Gasteiger partial charge in [0.2, 0.25) is 5.91 Å². The predicted molar refractivity (Wildman–Crippen MR) is 116 cm³/mol. The molecular formula is C21H20ClN3O2S. The van der Waals surface area contributed by atoms with Crippen LogP contribution in [0.4, 0.5) is 5.69 Å². The van der Waals surface area contributed by atoms with Gasteiger partial charge in [0.05, 0.1) is 16.7 Å². The largest absolute Gasteiger partial charge is 0.312 e. The van der Waals surface area contributed by atoms with Gasteiger partial charge in [-0.15, -0.1) is 6.58 Å². The number of nitrogens with zero attached hydrogens (tertiary/aromatic N) is 3. The molecule has 2 aromatic carbocycles. The molecule has 1 heterocycles. The van der Waals surface area contributed by atoms with Crippen LogP contribution < -0.4 is 10.5 Å². The highest BCUT2D eigenvalue weighted by Crippen LogP contribution is 2.22. The van der Waals surface area contributed by atoms with Gasteiger partial charge >= 0.3 is 0 Å². The number of halogens is 1. The molecule has 28 heavy (non-hydrogen) atoms. The highest BCUT2D eigenvalue weighted by Gasteiger charge is 2.17. The smallest absolute Gasteiger partial charge is 0.262 e. The Hall–Kier alpha value is -2.57. The Labute approximate surface area is 172 Å². The molecule has 144 valence electrons. The van der Waals surface area contributed by atoms with Crippen LogP contribution in [-0.4, -0.2) is 27.8 Å². The maximum atomic E-state index is 12.9. The van der Waals surface area contributed by atoms with Gasteiger partial charge in [0, 0.05) is 23.8 Å². The lowest BCUT2D eigenvalue weighted by molar-refractivity contribution is -0.116. The van der Waals surface area contributed by atoms with Crippen LogP contribution >= 0.6 is 23.4 Å². The third kappa shape index (κ3) is 4.29. The molecule has 5 nitrogen and oxygen atoms in total. The summed E-state index contributed by atoms with van der Waals surface area (Å²) >= 11 is 7.27. The van der Waals surface area contributed by atoms with E-state index in [9.17, 15) is 9.59 Å². The second kappa shape index (κ2) is 9.08. The zero-order chi connectivity index (χ0) is 20.1. The number of benzene rings is 2. The Kier molecular flexibility index (Phi) is 6.54. The summed E-state index contributed by atoms with van der Waals surface area (Å²) in [6.07, 6.45) is 1.63. The third-order valence-electron chi connectivity index (χ3n) is 4.20. The van der Waals surface area contributed by atoms with Gasteiger partial charge in [0.25, 0.3) is 5.56 Å². The monoisotopic (exact) mass is 413 g/mol. The summed E-state index contributed by atoms with van der Waals surface area (Å²) < 4.78 is 1.52. The van der Waals surface area contributed by atoms with Gasteiger partial charge < -0.3 is 4.90 Å². The van der Waals surface area contributed by atoms with Crippen LogP contribution in [0.1, 0.15) is 6.92 Å². The van der Waals surface area contributed by atoms with E-state index in [-0.39, 0.29) is 17.2 Å². The summed E-state index contributed by atoms with van der Waals surface area (Å²) in [6, 6.07) is 14.5. The number of aromatic nitrogens is 2. The SMILES string of the molecule is C=CCn1c(SCC(=O)N(CC)c2ccccc2)nc2ccc(Cl)cc2c1=O. The van der Waals surface area contributed by atoms with Crippen LogP contribution in [0.5, 0.6) is 0 Å². The summed E-state index contributed by atoms with van der Waals surface area (Å²) in [5, 5.41) is 1.41. The molecule has 0 aliphatic carbocycles. The fourth-order valence-corrected chi connectivity index (χ4v) is 3.94. The molecule has 0 radical (unpaired) electrons. The van der Waals surface area contributed by atoms with Gasteiger partial charge in [-0.3, -0.25) is 14.2 Å². The Bertz CT molecular complexity index is 1070. The minimum atomic E-state index is -0.197. The molecule has 0 atom stereocenters. The van der Waals surface area contributed by atoms with Crippen molar-refractivity contribution >= 4 is 45.9 Å². The minimum Gasteiger partial charge on any atom is -0.312 e. The van der Waals surface area contributed by atoms with E-state index in [1.165, 1.54) is 16.3 Å². The first-order valence-corrected chi connectivity index (χ1v) is 10.2. The van der Waals surface area contributed by atoms with E-state index in [2.05, 4.69) is 11.6 Å². The van der Waals surface area contributed by atoms with Crippen molar-refractivity contribution < 1.29 is 4.79 Å². The topological polar surface area (TPSA) is 55.2 Å². The number of para-hydroxylation sites is 1. The van der Waals surface area contributed by atoms with Crippen LogP contribution in [0.15, 0.2) is 71.1 Å². The number of rotatable bonds is 7. The Morgan fingerprint density at radius 3 is 2.71 bits per heavy atom. The van der Waals surface area contributed by atoms with Crippen molar-refractivity contribution in [1.29, 1.82) is 0 Å². The third-order valence-corrected chi connectivity index (χ3v) is 5.40. The number of carbonyl (C=O) groups excluding carboxylic acids is 1. The van der Waals surface area contributed by atoms with Crippen LogP contribution in [0, 0.1) is 0 Å². The van der Waals surface area contributed by atoms with Gasteiger partial charge in [0.1, 0.15) is 0 Å². The zero-order valence-corrected chi connectivity index (χ0v) is 17.0. The van der Waals surface area contributed by atoms with Gasteiger partial charge in [-0.05, 0) is 37.3 Å². The Morgan fingerprint density at radius 2 is 2.04 bits per heavy atom. The molecule has 7 heteroatoms. The minimum absolute atomic E-state index is 0.0469. The zero-order valence-electron chi connectivity index (χ0n) is 15.5. The first-order chi connectivity index (χ1) is 13.5. The average molecular weight is 414 g/mol. The maximum absolute atomic E-state index is 12.9. The molecular weight excluding hydrogens is 394 g/mol. The van der Waals surface area contributed by atoms with Crippen molar-refractivity contribution in [2.45, 2.75) is 18.6 Å². The maximum Gasteiger partial charge on any atom is 0.262 e. The molecule has 0 saturated carbocycles. The number of anilines is 1. The first-order valence-electron chi connectivity index (χ1n) is 8.84. The lowest BCUT2D eigenvalue weighted by Crippen LogP contribution is -2.32. The van der Waals surface area contributed by atoms with Crippen molar-refractivity contribution in [1.82, 2.24) is 9.55 Å². The molecule has 0 spiro atoms. The van der Waals surface area contributed by atoms with Crippen molar-refractivity contribution in [3.05, 3.63) is 76.6 Å². The molecule has 0 N–H and O–H groups in total. The number of hydrogen-bond donors (Lipinski definition) is 0. The average Bonchev–Trinajstić information content (AvgIpc) is 2.71. The van der Waals surface area contributed by atoms with Crippen molar-refractivity contribution in [2.24, 2.45) is 0 Å². The Morgan fingerprint density at radius 1 is 1.29 bits per heavy atom. The molecule has 3 aromatic rings. The van der Waals surface area contributed by atoms with Gasteiger partial charge in [-0.25, -0.2) is 4.98 Å². The highest BCUT2D eigenvalue weighted by atomic mass is 35.5. The van der Waals surface area contributed by atoms with Crippen LogP contribution in [0.2, 0.25) is 5.02 Å². The van der Waals surface area contributed by atoms with E-state index < -0.39 is 0 Å². The summed E-state index contributed by atoms with van der Waals surface area (Å²) in [5.74, 6) is 0.125. The number of allylic oxidation sites excluding steroid dienone is 1. The van der Waals surface area contributed by atoms with E-state index >= 15 is 0 Å². The Balaban J connectivity index is 1.90. The second-order valence-electron chi connectivity index (χ2n) is 6.02. The number of carbonyl (C=O) groups is 1. The lowest BCUT2D eigenvalue weighted by atomic mass is 10.2. The standard InChI is InChI=1S/C21H20ClN3O2S/c1-3-12-25-20(27)17-13-15(22)10-11-18(17)23-21(25)28-14-19(26)24(4-2)16-8-6-5-7-9-16/h3,5-11,13H,1,4,12,14H2,2H3. The summed E-state index contributed by atoms with van der Waals surface area (Å²) in [4.78, 5) is 31.9. The van der Waals surface area contributed by atoms with Crippen LogP contribution in [0.25, 0.3) is 10.9 Å². The molecule has 0 aliphatic heterocycles. The molecule has 0 bridgehead atoms. The lowest BCUT2D eigenvalue weighted by Gasteiger charge is -2.21. The summed E-state index contributed by atoms with van der Waals surface area (Å²) in [6.45, 7) is 6.51. The second-order valence-corrected chi connectivity index (χ2v) is 7.40. The van der Waals surface area contributed by atoms with E-state index in [0.29, 0.717) is 34.2 Å². The fraction of sp³-hybridized carbons (Fsp3) is 0.190. The number of amides is 1. The molecule has 1 aromatic heterocycles. The van der Waals surface area contributed by atoms with E-state index in [4.69, 9.17) is 11.6 Å². The van der Waals surface area contributed by atoms with Crippen molar-refractivity contribution in [3.8, 4) is 0 Å². The number of hydrogen-bond acceptors (Lipinski definition) is 4. The van der Waals surface area contributed by atoms with E-state index in [0.717, 1.165) is 5.69 Å². The number of thioether (sulfide) groups is 1.